The number of ether oxygens (including phenoxy) is 1. The normalized spacial score (nSPS) is 16.0. The first kappa shape index (κ1) is 21.1. The van der Waals surface area contributed by atoms with Gasteiger partial charge in [0.15, 0.2) is 0 Å². The van der Waals surface area contributed by atoms with E-state index in [9.17, 15) is 9.59 Å². The molecule has 0 unspecified atom stereocenters. The highest BCUT2D eigenvalue weighted by Gasteiger charge is 2.25. The van der Waals surface area contributed by atoms with Crippen LogP contribution in [0.3, 0.4) is 0 Å². The molecule has 4 rings (SSSR count). The number of fused-ring (bicyclic) bond motifs is 1. The molecule has 1 saturated heterocycles. The molecule has 0 spiro atoms. The van der Waals surface area contributed by atoms with Crippen molar-refractivity contribution in [2.75, 3.05) is 37.7 Å². The average Bonchev–Trinajstić information content (AvgIpc) is 2.82. The van der Waals surface area contributed by atoms with Crippen molar-refractivity contribution in [3.63, 3.8) is 0 Å². The van der Waals surface area contributed by atoms with Crippen molar-refractivity contribution < 1.29 is 14.3 Å². The minimum Gasteiger partial charge on any atom is -0.384 e. The third-order valence-corrected chi connectivity index (χ3v) is 5.94. The SMILES string of the molecule is N=C(N)c1ccc(CCC(=O)N2CCCc3cc(C(=O)N4CCOCC4)ccc32)cc1. The van der Waals surface area contributed by atoms with E-state index >= 15 is 0 Å². The van der Waals surface area contributed by atoms with Gasteiger partial charge in [-0.05, 0) is 48.6 Å². The molecule has 1 fully saturated rings. The molecule has 2 aliphatic rings. The summed E-state index contributed by atoms with van der Waals surface area (Å²) < 4.78 is 5.33. The van der Waals surface area contributed by atoms with Crippen LogP contribution in [0.2, 0.25) is 0 Å². The summed E-state index contributed by atoms with van der Waals surface area (Å²) in [6, 6.07) is 13.2. The van der Waals surface area contributed by atoms with E-state index in [-0.39, 0.29) is 17.6 Å². The molecule has 0 atom stereocenters. The summed E-state index contributed by atoms with van der Waals surface area (Å²) >= 11 is 0. The number of amidine groups is 1. The molecule has 2 aliphatic heterocycles. The van der Waals surface area contributed by atoms with Crippen LogP contribution in [-0.2, 0) is 22.4 Å². The summed E-state index contributed by atoms with van der Waals surface area (Å²) in [6.45, 7) is 3.10. The van der Waals surface area contributed by atoms with Gasteiger partial charge in [0.2, 0.25) is 5.91 Å². The number of hydrogen-bond acceptors (Lipinski definition) is 4. The number of anilines is 1. The van der Waals surface area contributed by atoms with E-state index in [4.69, 9.17) is 15.9 Å². The number of nitrogens with one attached hydrogen (secondary N) is 1. The lowest BCUT2D eigenvalue weighted by molar-refractivity contribution is -0.118. The molecular formula is C24H28N4O3. The number of carbonyl (C=O) groups excluding carboxylic acids is 2. The van der Waals surface area contributed by atoms with Gasteiger partial charge in [0, 0.05) is 42.9 Å². The molecule has 2 amide bonds. The molecule has 162 valence electrons. The third-order valence-electron chi connectivity index (χ3n) is 5.94. The highest BCUT2D eigenvalue weighted by atomic mass is 16.5. The van der Waals surface area contributed by atoms with Crippen LogP contribution >= 0.6 is 0 Å². The van der Waals surface area contributed by atoms with Gasteiger partial charge in [0.25, 0.3) is 5.91 Å². The molecular weight excluding hydrogens is 392 g/mol. The molecule has 7 nitrogen and oxygen atoms in total. The molecule has 2 aromatic rings. The van der Waals surface area contributed by atoms with E-state index < -0.39 is 0 Å². The van der Waals surface area contributed by atoms with Crippen molar-refractivity contribution in [1.82, 2.24) is 4.90 Å². The van der Waals surface area contributed by atoms with Crippen LogP contribution in [-0.4, -0.2) is 55.4 Å². The maximum atomic E-state index is 13.0. The standard InChI is InChI=1S/C24H28N4O3/c25-23(26)18-6-3-17(4-7-18)5-10-22(29)28-11-1-2-19-16-20(8-9-21(19)28)24(30)27-12-14-31-15-13-27/h3-4,6-9,16H,1-2,5,10-15H2,(H3,25,26). The highest BCUT2D eigenvalue weighted by molar-refractivity contribution is 5.98. The molecule has 3 N–H and O–H groups in total. The fourth-order valence-electron chi connectivity index (χ4n) is 4.18. The number of hydrogen-bond donors (Lipinski definition) is 2. The van der Waals surface area contributed by atoms with Crippen LogP contribution < -0.4 is 10.6 Å². The maximum Gasteiger partial charge on any atom is 0.254 e. The quantitative estimate of drug-likeness (QED) is 0.573. The first-order chi connectivity index (χ1) is 15.0. The molecule has 0 bridgehead atoms. The average molecular weight is 421 g/mol. The fraction of sp³-hybridized carbons (Fsp3) is 0.375. The Morgan fingerprint density at radius 3 is 2.42 bits per heavy atom. The topological polar surface area (TPSA) is 99.7 Å². The van der Waals surface area contributed by atoms with Crippen LogP contribution in [0.1, 0.15) is 39.9 Å². The Kier molecular flexibility index (Phi) is 6.32. The summed E-state index contributed by atoms with van der Waals surface area (Å²) in [5, 5.41) is 7.47. The van der Waals surface area contributed by atoms with Gasteiger partial charge in [0.1, 0.15) is 5.84 Å². The number of nitrogens with two attached hydrogens (primary N) is 1. The molecule has 31 heavy (non-hydrogen) atoms. The molecule has 0 aromatic heterocycles. The van der Waals surface area contributed by atoms with E-state index in [0.29, 0.717) is 56.8 Å². The lowest BCUT2D eigenvalue weighted by Gasteiger charge is -2.31. The van der Waals surface area contributed by atoms with E-state index in [2.05, 4.69) is 0 Å². The van der Waals surface area contributed by atoms with E-state index in [1.54, 1.807) is 0 Å². The highest BCUT2D eigenvalue weighted by Crippen LogP contribution is 2.29. The number of rotatable bonds is 5. The summed E-state index contributed by atoms with van der Waals surface area (Å²) in [5.74, 6) is 0.159. The number of nitrogen functional groups attached to an aromatic ring is 1. The fourth-order valence-corrected chi connectivity index (χ4v) is 4.18. The number of nitrogens with zero attached hydrogens (tertiary/aromatic N) is 2. The second-order valence-corrected chi connectivity index (χ2v) is 8.01. The first-order valence-electron chi connectivity index (χ1n) is 10.8. The molecule has 2 aromatic carbocycles. The Morgan fingerprint density at radius 2 is 1.71 bits per heavy atom. The van der Waals surface area contributed by atoms with Gasteiger partial charge in [-0.15, -0.1) is 0 Å². The van der Waals surface area contributed by atoms with E-state index in [1.165, 1.54) is 0 Å². The maximum absolute atomic E-state index is 13.0. The zero-order valence-electron chi connectivity index (χ0n) is 17.6. The van der Waals surface area contributed by atoms with Gasteiger partial charge in [-0.2, -0.15) is 0 Å². The van der Waals surface area contributed by atoms with Crippen molar-refractivity contribution in [3.8, 4) is 0 Å². The van der Waals surface area contributed by atoms with Crippen LogP contribution in [0.15, 0.2) is 42.5 Å². The van der Waals surface area contributed by atoms with Gasteiger partial charge in [-0.3, -0.25) is 15.0 Å². The smallest absolute Gasteiger partial charge is 0.254 e. The van der Waals surface area contributed by atoms with E-state index in [1.807, 2.05) is 52.3 Å². The van der Waals surface area contributed by atoms with Gasteiger partial charge in [-0.25, -0.2) is 0 Å². The van der Waals surface area contributed by atoms with Gasteiger partial charge < -0.3 is 20.3 Å². The molecule has 2 heterocycles. The summed E-state index contributed by atoms with van der Waals surface area (Å²) in [5.41, 5.74) is 9.88. The Balaban J connectivity index is 1.43. The summed E-state index contributed by atoms with van der Waals surface area (Å²) in [7, 11) is 0. The number of amides is 2. The van der Waals surface area contributed by atoms with Crippen molar-refractivity contribution in [1.29, 1.82) is 5.41 Å². The van der Waals surface area contributed by atoms with Crippen LogP contribution in [0.4, 0.5) is 5.69 Å². The predicted octanol–water partition coefficient (Wildman–Crippen LogP) is 2.36. The molecule has 0 radical (unpaired) electrons. The Morgan fingerprint density at radius 1 is 1.00 bits per heavy atom. The summed E-state index contributed by atoms with van der Waals surface area (Å²) in [6.07, 6.45) is 2.81. The van der Waals surface area contributed by atoms with Crippen LogP contribution in [0.25, 0.3) is 0 Å². The Bertz CT molecular complexity index is 981. The summed E-state index contributed by atoms with van der Waals surface area (Å²) in [4.78, 5) is 29.4. The minimum absolute atomic E-state index is 0.0311. The predicted molar refractivity (Wildman–Crippen MR) is 120 cm³/mol. The minimum atomic E-state index is 0.0311. The Labute approximate surface area is 182 Å². The van der Waals surface area contributed by atoms with E-state index in [0.717, 1.165) is 29.7 Å². The number of carbonyl (C=O) groups is 2. The lowest BCUT2D eigenvalue weighted by Crippen LogP contribution is -2.41. The van der Waals surface area contributed by atoms with Crippen molar-refractivity contribution >= 4 is 23.3 Å². The molecule has 0 saturated carbocycles. The monoisotopic (exact) mass is 420 g/mol. The number of morpholine rings is 1. The Hall–Kier alpha value is -3.19. The van der Waals surface area contributed by atoms with Gasteiger partial charge in [-0.1, -0.05) is 24.3 Å². The van der Waals surface area contributed by atoms with Gasteiger partial charge in [0.05, 0.1) is 13.2 Å². The second-order valence-electron chi connectivity index (χ2n) is 8.01. The van der Waals surface area contributed by atoms with Gasteiger partial charge >= 0.3 is 0 Å². The van der Waals surface area contributed by atoms with Crippen LogP contribution in [0.5, 0.6) is 0 Å². The van der Waals surface area contributed by atoms with Crippen molar-refractivity contribution in [2.45, 2.75) is 25.7 Å². The zero-order chi connectivity index (χ0) is 21.8. The van der Waals surface area contributed by atoms with Crippen molar-refractivity contribution in [3.05, 3.63) is 64.7 Å². The molecule has 0 aliphatic carbocycles. The first-order valence-corrected chi connectivity index (χ1v) is 10.8. The second kappa shape index (κ2) is 9.31. The van der Waals surface area contributed by atoms with Crippen LogP contribution in [0, 0.1) is 5.41 Å². The lowest BCUT2D eigenvalue weighted by atomic mass is 9.97. The number of aryl methyl sites for hydroxylation is 2. The zero-order valence-corrected chi connectivity index (χ0v) is 17.6. The number of benzene rings is 2. The van der Waals surface area contributed by atoms with Crippen molar-refractivity contribution in [2.24, 2.45) is 5.73 Å². The largest absolute Gasteiger partial charge is 0.384 e. The third kappa shape index (κ3) is 4.77. The molecule has 7 heteroatoms.